The summed E-state index contributed by atoms with van der Waals surface area (Å²) in [7, 11) is 0. The first-order valence-electron chi connectivity index (χ1n) is 6.42. The van der Waals surface area contributed by atoms with Crippen molar-refractivity contribution in [1.29, 1.82) is 0 Å². The molecule has 0 aliphatic heterocycles. The van der Waals surface area contributed by atoms with Crippen molar-refractivity contribution < 1.29 is 14.7 Å². The van der Waals surface area contributed by atoms with E-state index in [1.165, 1.54) is 11.1 Å². The molecule has 0 saturated carbocycles. The average Bonchev–Trinajstić information content (AvgIpc) is 2.96. The highest BCUT2D eigenvalue weighted by atomic mass is 79.9. The first-order chi connectivity index (χ1) is 9.97. The third-order valence-corrected chi connectivity index (χ3v) is 4.70. The number of carbonyl (C=O) groups excluding carboxylic acids is 1. The van der Waals surface area contributed by atoms with Crippen molar-refractivity contribution in [2.24, 2.45) is 0 Å². The van der Waals surface area contributed by atoms with Crippen LogP contribution in [0.15, 0.2) is 22.1 Å². The number of amides is 1. The Bertz CT molecular complexity index is 663. The van der Waals surface area contributed by atoms with Crippen LogP contribution in [0.2, 0.25) is 0 Å². The van der Waals surface area contributed by atoms with Crippen molar-refractivity contribution in [3.05, 3.63) is 38.3 Å². The zero-order valence-corrected chi connectivity index (χ0v) is 13.8. The van der Waals surface area contributed by atoms with Crippen molar-refractivity contribution in [2.75, 3.05) is 5.32 Å². The summed E-state index contributed by atoms with van der Waals surface area (Å²) in [6.07, 6.45) is 3.43. The van der Waals surface area contributed by atoms with Crippen molar-refractivity contribution >= 4 is 44.8 Å². The number of thiophene rings is 1. The predicted molar refractivity (Wildman–Crippen MR) is 86.1 cm³/mol. The van der Waals surface area contributed by atoms with E-state index in [2.05, 4.69) is 26.2 Å². The topological polar surface area (TPSA) is 82.2 Å². The van der Waals surface area contributed by atoms with Crippen LogP contribution in [0, 0.1) is 6.92 Å². The molecule has 7 heteroatoms. The molecule has 0 aromatic carbocycles. The molecule has 3 N–H and O–H groups in total. The molecule has 0 atom stereocenters. The van der Waals surface area contributed by atoms with Gasteiger partial charge in [-0.25, -0.2) is 4.79 Å². The fourth-order valence-corrected chi connectivity index (χ4v) is 3.55. The van der Waals surface area contributed by atoms with Crippen LogP contribution in [-0.4, -0.2) is 22.0 Å². The third-order valence-electron chi connectivity index (χ3n) is 3.02. The van der Waals surface area contributed by atoms with Gasteiger partial charge in [-0.05, 0) is 47.8 Å². The molecule has 0 aliphatic rings. The number of hydrogen-bond donors (Lipinski definition) is 3. The molecule has 0 unspecified atom stereocenters. The maximum absolute atomic E-state index is 11.9. The number of aryl methyl sites for hydroxylation is 2. The lowest BCUT2D eigenvalue weighted by Crippen LogP contribution is -2.13. The Balaban J connectivity index is 1.86. The third kappa shape index (κ3) is 4.18. The normalized spacial score (nSPS) is 10.6. The van der Waals surface area contributed by atoms with Gasteiger partial charge in [-0.3, -0.25) is 4.79 Å². The Labute approximate surface area is 134 Å². The minimum Gasteiger partial charge on any atom is -0.478 e. The number of aromatic nitrogens is 1. The van der Waals surface area contributed by atoms with E-state index in [-0.39, 0.29) is 11.5 Å². The highest BCUT2D eigenvalue weighted by Gasteiger charge is 2.16. The van der Waals surface area contributed by atoms with Gasteiger partial charge in [0.25, 0.3) is 0 Å². The molecule has 0 aliphatic carbocycles. The number of nitrogens with one attached hydrogen (secondary N) is 2. The minimum absolute atomic E-state index is 0.116. The minimum atomic E-state index is -1.05. The molecule has 0 radical (unpaired) electrons. The number of rotatable bonds is 6. The lowest BCUT2D eigenvalue weighted by molar-refractivity contribution is -0.116. The predicted octanol–water partition coefficient (Wildman–Crippen LogP) is 3.81. The Morgan fingerprint density at radius 2 is 2.19 bits per heavy atom. The highest BCUT2D eigenvalue weighted by molar-refractivity contribution is 9.11. The second kappa shape index (κ2) is 6.91. The van der Waals surface area contributed by atoms with E-state index in [9.17, 15) is 9.59 Å². The smallest absolute Gasteiger partial charge is 0.339 e. The Kier molecular flexibility index (Phi) is 5.19. The zero-order chi connectivity index (χ0) is 15.4. The zero-order valence-electron chi connectivity index (χ0n) is 11.4. The molecule has 2 rings (SSSR count). The van der Waals surface area contributed by atoms with Crippen molar-refractivity contribution in [1.82, 2.24) is 4.98 Å². The Hall–Kier alpha value is -1.60. The van der Waals surface area contributed by atoms with Crippen LogP contribution in [0.25, 0.3) is 0 Å². The molecule has 2 heterocycles. The number of halogens is 1. The summed E-state index contributed by atoms with van der Waals surface area (Å²) in [4.78, 5) is 27.0. The summed E-state index contributed by atoms with van der Waals surface area (Å²) < 4.78 is 1.08. The second-order valence-corrected chi connectivity index (χ2v) is 7.16. The Morgan fingerprint density at radius 3 is 2.81 bits per heavy atom. The molecule has 0 spiro atoms. The van der Waals surface area contributed by atoms with Crippen LogP contribution in [0.4, 0.5) is 5.69 Å². The van der Waals surface area contributed by atoms with Gasteiger partial charge in [-0.15, -0.1) is 11.3 Å². The summed E-state index contributed by atoms with van der Waals surface area (Å²) >= 11 is 5.06. The van der Waals surface area contributed by atoms with Crippen LogP contribution in [0.1, 0.15) is 33.8 Å². The van der Waals surface area contributed by atoms with Gasteiger partial charge >= 0.3 is 5.97 Å². The SMILES string of the molecule is Cc1[nH]cc(NC(=O)CCCc2ccc(Br)s2)c1C(=O)O. The van der Waals surface area contributed by atoms with Crippen LogP contribution in [0.3, 0.4) is 0 Å². The maximum Gasteiger partial charge on any atom is 0.339 e. The number of carboxylic acid groups (broad SMARTS) is 1. The lowest BCUT2D eigenvalue weighted by Gasteiger charge is -2.04. The number of carbonyl (C=O) groups is 2. The quantitative estimate of drug-likeness (QED) is 0.722. The number of anilines is 1. The largest absolute Gasteiger partial charge is 0.478 e. The first-order valence-corrected chi connectivity index (χ1v) is 8.03. The fraction of sp³-hybridized carbons (Fsp3) is 0.286. The maximum atomic E-state index is 11.9. The van der Waals surface area contributed by atoms with Crippen molar-refractivity contribution in [3.63, 3.8) is 0 Å². The van der Waals surface area contributed by atoms with E-state index in [0.717, 1.165) is 16.6 Å². The number of aromatic carboxylic acids is 1. The summed E-state index contributed by atoms with van der Waals surface area (Å²) in [5.74, 6) is -1.22. The molecular formula is C14H15BrN2O3S. The number of aromatic amines is 1. The number of hydrogen-bond acceptors (Lipinski definition) is 3. The highest BCUT2D eigenvalue weighted by Crippen LogP contribution is 2.24. The average molecular weight is 371 g/mol. The van der Waals surface area contributed by atoms with Gasteiger partial charge < -0.3 is 15.4 Å². The molecule has 2 aromatic heterocycles. The monoisotopic (exact) mass is 370 g/mol. The van der Waals surface area contributed by atoms with Crippen molar-refractivity contribution in [3.8, 4) is 0 Å². The van der Waals surface area contributed by atoms with E-state index in [0.29, 0.717) is 17.8 Å². The van der Waals surface area contributed by atoms with E-state index in [1.807, 2.05) is 12.1 Å². The van der Waals surface area contributed by atoms with Crippen molar-refractivity contribution in [2.45, 2.75) is 26.2 Å². The van der Waals surface area contributed by atoms with E-state index in [1.54, 1.807) is 18.3 Å². The van der Waals surface area contributed by atoms with E-state index >= 15 is 0 Å². The molecule has 2 aromatic rings. The molecule has 112 valence electrons. The molecule has 21 heavy (non-hydrogen) atoms. The molecule has 0 bridgehead atoms. The molecule has 5 nitrogen and oxygen atoms in total. The molecule has 1 amide bonds. The summed E-state index contributed by atoms with van der Waals surface area (Å²) in [6.45, 7) is 1.66. The van der Waals surface area contributed by atoms with Gasteiger partial charge in [0.05, 0.1) is 9.47 Å². The first kappa shape index (κ1) is 15.8. The second-order valence-electron chi connectivity index (χ2n) is 4.62. The van der Waals surface area contributed by atoms with Gasteiger partial charge in [-0.1, -0.05) is 0 Å². The van der Waals surface area contributed by atoms with Gasteiger partial charge in [-0.2, -0.15) is 0 Å². The fourth-order valence-electron chi connectivity index (χ4n) is 2.02. The summed E-state index contributed by atoms with van der Waals surface area (Å²) in [6, 6.07) is 4.02. The van der Waals surface area contributed by atoms with Crippen LogP contribution in [-0.2, 0) is 11.2 Å². The Morgan fingerprint density at radius 1 is 1.43 bits per heavy atom. The van der Waals surface area contributed by atoms with Gasteiger partial charge in [0.15, 0.2) is 0 Å². The summed E-state index contributed by atoms with van der Waals surface area (Å²) in [5, 5.41) is 11.7. The lowest BCUT2D eigenvalue weighted by atomic mass is 10.2. The van der Waals surface area contributed by atoms with Gasteiger partial charge in [0.1, 0.15) is 5.56 Å². The molecule has 0 saturated heterocycles. The van der Waals surface area contributed by atoms with Crippen LogP contribution in [0.5, 0.6) is 0 Å². The van der Waals surface area contributed by atoms with Gasteiger partial charge in [0, 0.05) is 23.2 Å². The van der Waals surface area contributed by atoms with Gasteiger partial charge in [0.2, 0.25) is 5.91 Å². The molecule has 0 fully saturated rings. The molecular weight excluding hydrogens is 356 g/mol. The standard InChI is InChI=1S/C14H15BrN2O3S/c1-8-13(14(19)20)10(7-16-8)17-12(18)4-2-3-9-5-6-11(15)21-9/h5-7,16H,2-4H2,1H3,(H,17,18)(H,19,20). The van der Waals surface area contributed by atoms with E-state index in [4.69, 9.17) is 5.11 Å². The number of H-pyrrole nitrogens is 1. The van der Waals surface area contributed by atoms with E-state index < -0.39 is 5.97 Å². The summed E-state index contributed by atoms with van der Waals surface area (Å²) in [5.41, 5.74) is 0.968. The van der Waals surface area contributed by atoms with Crippen LogP contribution < -0.4 is 5.32 Å². The van der Waals surface area contributed by atoms with Crippen LogP contribution >= 0.6 is 27.3 Å². The number of carboxylic acids is 1.